The zero-order valence-electron chi connectivity index (χ0n) is 12.8. The van der Waals surface area contributed by atoms with Crippen molar-refractivity contribution in [2.75, 3.05) is 26.3 Å². The lowest BCUT2D eigenvalue weighted by Crippen LogP contribution is -2.40. The van der Waals surface area contributed by atoms with Gasteiger partial charge in [-0.2, -0.15) is 0 Å². The molecule has 4 nitrogen and oxygen atoms in total. The van der Waals surface area contributed by atoms with Crippen LogP contribution < -0.4 is 0 Å². The molecule has 3 rings (SSSR count). The Bertz CT molecular complexity index is 703. The molecular weight excluding hydrogens is 283 g/mol. The fourth-order valence-electron chi connectivity index (χ4n) is 2.92. The molecule has 5 heteroatoms. The van der Waals surface area contributed by atoms with Crippen molar-refractivity contribution >= 4 is 5.91 Å². The number of halogens is 1. The van der Waals surface area contributed by atoms with Crippen molar-refractivity contribution in [2.24, 2.45) is 0 Å². The van der Waals surface area contributed by atoms with Gasteiger partial charge in [0.1, 0.15) is 5.82 Å². The zero-order valence-corrected chi connectivity index (χ0v) is 12.8. The molecule has 1 aromatic carbocycles. The average Bonchev–Trinajstić information content (AvgIpc) is 2.83. The standard InChI is InChI=1S/C17H19FN2O2/c1-12-11-14(17(21)19-7-9-22-10-8-19)13(2)20(12)16-6-4-3-5-15(16)18/h3-6,11H,7-10H2,1-2H3. The first-order valence-electron chi connectivity index (χ1n) is 7.40. The molecule has 0 radical (unpaired) electrons. The molecule has 1 saturated heterocycles. The van der Waals surface area contributed by atoms with Crippen molar-refractivity contribution in [3.05, 3.63) is 53.1 Å². The van der Waals surface area contributed by atoms with Crippen LogP contribution in [0.15, 0.2) is 30.3 Å². The van der Waals surface area contributed by atoms with E-state index in [1.165, 1.54) is 6.07 Å². The number of carbonyl (C=O) groups excluding carboxylic acids is 1. The van der Waals surface area contributed by atoms with Gasteiger partial charge in [0.05, 0.1) is 24.5 Å². The van der Waals surface area contributed by atoms with Gasteiger partial charge >= 0.3 is 0 Å². The van der Waals surface area contributed by atoms with Crippen molar-refractivity contribution in [3.63, 3.8) is 0 Å². The molecule has 2 heterocycles. The summed E-state index contributed by atoms with van der Waals surface area (Å²) in [6, 6.07) is 8.43. The Kier molecular flexibility index (Phi) is 3.98. The number of hydrogen-bond acceptors (Lipinski definition) is 2. The van der Waals surface area contributed by atoms with Crippen LogP contribution in [0.25, 0.3) is 5.69 Å². The summed E-state index contributed by atoms with van der Waals surface area (Å²) in [5, 5.41) is 0. The fraction of sp³-hybridized carbons (Fsp3) is 0.353. The summed E-state index contributed by atoms with van der Waals surface area (Å²) in [7, 11) is 0. The number of benzene rings is 1. The van der Waals surface area contributed by atoms with Gasteiger partial charge in [-0.05, 0) is 32.0 Å². The molecule has 2 aromatic rings. The van der Waals surface area contributed by atoms with Crippen LogP contribution >= 0.6 is 0 Å². The number of para-hydroxylation sites is 1. The monoisotopic (exact) mass is 302 g/mol. The molecule has 1 aromatic heterocycles. The van der Waals surface area contributed by atoms with Gasteiger partial charge in [0, 0.05) is 24.5 Å². The van der Waals surface area contributed by atoms with E-state index in [2.05, 4.69) is 0 Å². The Labute approximate surface area is 129 Å². The van der Waals surface area contributed by atoms with Gasteiger partial charge in [-0.15, -0.1) is 0 Å². The molecule has 1 amide bonds. The summed E-state index contributed by atoms with van der Waals surface area (Å²) in [6.07, 6.45) is 0. The number of carbonyl (C=O) groups is 1. The molecule has 116 valence electrons. The number of aromatic nitrogens is 1. The third-order valence-corrected chi connectivity index (χ3v) is 4.05. The SMILES string of the molecule is Cc1cc(C(=O)N2CCOCC2)c(C)n1-c1ccccc1F. The summed E-state index contributed by atoms with van der Waals surface area (Å²) in [5.74, 6) is -0.311. The normalized spacial score (nSPS) is 15.1. The lowest BCUT2D eigenvalue weighted by atomic mass is 10.2. The first kappa shape index (κ1) is 14.8. The Hall–Kier alpha value is -2.14. The summed E-state index contributed by atoms with van der Waals surface area (Å²) < 4.78 is 21.1. The van der Waals surface area contributed by atoms with E-state index in [0.717, 1.165) is 11.4 Å². The first-order chi connectivity index (χ1) is 10.6. The highest BCUT2D eigenvalue weighted by Crippen LogP contribution is 2.24. The number of aryl methyl sites for hydroxylation is 1. The fourth-order valence-corrected chi connectivity index (χ4v) is 2.92. The minimum atomic E-state index is -0.297. The second-order valence-corrected chi connectivity index (χ2v) is 5.48. The highest BCUT2D eigenvalue weighted by Gasteiger charge is 2.23. The second kappa shape index (κ2) is 5.93. The van der Waals surface area contributed by atoms with E-state index in [1.807, 2.05) is 19.9 Å². The van der Waals surface area contributed by atoms with Crippen molar-refractivity contribution in [3.8, 4) is 5.69 Å². The molecule has 0 aliphatic carbocycles. The number of hydrogen-bond donors (Lipinski definition) is 0. The van der Waals surface area contributed by atoms with Crippen LogP contribution in [0.3, 0.4) is 0 Å². The van der Waals surface area contributed by atoms with E-state index in [-0.39, 0.29) is 11.7 Å². The highest BCUT2D eigenvalue weighted by atomic mass is 19.1. The largest absolute Gasteiger partial charge is 0.378 e. The molecule has 0 N–H and O–H groups in total. The van der Waals surface area contributed by atoms with Crippen LogP contribution in [0.5, 0.6) is 0 Å². The van der Waals surface area contributed by atoms with Gasteiger partial charge in [0.15, 0.2) is 0 Å². The van der Waals surface area contributed by atoms with E-state index >= 15 is 0 Å². The second-order valence-electron chi connectivity index (χ2n) is 5.48. The maximum absolute atomic E-state index is 14.1. The molecule has 1 fully saturated rings. The lowest BCUT2D eigenvalue weighted by molar-refractivity contribution is 0.0302. The van der Waals surface area contributed by atoms with E-state index in [1.54, 1.807) is 27.7 Å². The minimum Gasteiger partial charge on any atom is -0.378 e. The van der Waals surface area contributed by atoms with Crippen molar-refractivity contribution in [2.45, 2.75) is 13.8 Å². The molecule has 1 aliphatic heterocycles. The van der Waals surface area contributed by atoms with Crippen LogP contribution in [0.4, 0.5) is 4.39 Å². The average molecular weight is 302 g/mol. The summed E-state index contributed by atoms with van der Waals surface area (Å²) >= 11 is 0. The van der Waals surface area contributed by atoms with Crippen molar-refractivity contribution in [1.82, 2.24) is 9.47 Å². The third-order valence-electron chi connectivity index (χ3n) is 4.05. The van der Waals surface area contributed by atoms with E-state index in [0.29, 0.717) is 37.6 Å². The van der Waals surface area contributed by atoms with E-state index in [4.69, 9.17) is 4.74 Å². The Morgan fingerprint density at radius 3 is 2.55 bits per heavy atom. The predicted octanol–water partition coefficient (Wildman–Crippen LogP) is 2.71. The van der Waals surface area contributed by atoms with Crippen LogP contribution in [0, 0.1) is 19.7 Å². The number of morpholine rings is 1. The van der Waals surface area contributed by atoms with Crippen LogP contribution in [0.1, 0.15) is 21.7 Å². The van der Waals surface area contributed by atoms with Gasteiger partial charge in [-0.1, -0.05) is 12.1 Å². The van der Waals surface area contributed by atoms with Crippen molar-refractivity contribution in [1.29, 1.82) is 0 Å². The van der Waals surface area contributed by atoms with Gasteiger partial charge in [0.2, 0.25) is 0 Å². The van der Waals surface area contributed by atoms with Gasteiger partial charge in [-0.25, -0.2) is 4.39 Å². The van der Waals surface area contributed by atoms with Gasteiger partial charge in [0.25, 0.3) is 5.91 Å². The summed E-state index contributed by atoms with van der Waals surface area (Å²) in [6.45, 7) is 6.07. The van der Waals surface area contributed by atoms with Crippen LogP contribution in [-0.2, 0) is 4.74 Å². The molecule has 0 atom stereocenters. The Morgan fingerprint density at radius 1 is 1.18 bits per heavy atom. The molecule has 0 saturated carbocycles. The summed E-state index contributed by atoms with van der Waals surface area (Å²) in [5.41, 5.74) is 2.71. The van der Waals surface area contributed by atoms with E-state index in [9.17, 15) is 9.18 Å². The number of ether oxygens (including phenoxy) is 1. The Balaban J connectivity index is 2.00. The molecule has 0 unspecified atom stereocenters. The maximum Gasteiger partial charge on any atom is 0.255 e. The molecule has 0 spiro atoms. The highest BCUT2D eigenvalue weighted by molar-refractivity contribution is 5.96. The number of amides is 1. The molecule has 22 heavy (non-hydrogen) atoms. The van der Waals surface area contributed by atoms with Crippen LogP contribution in [0.2, 0.25) is 0 Å². The third kappa shape index (κ3) is 2.52. The molecular formula is C17H19FN2O2. The topological polar surface area (TPSA) is 34.5 Å². The van der Waals surface area contributed by atoms with Crippen LogP contribution in [-0.4, -0.2) is 41.7 Å². The molecule has 0 bridgehead atoms. The lowest BCUT2D eigenvalue weighted by Gasteiger charge is -2.26. The predicted molar refractivity (Wildman–Crippen MR) is 81.9 cm³/mol. The summed E-state index contributed by atoms with van der Waals surface area (Å²) in [4.78, 5) is 14.5. The zero-order chi connectivity index (χ0) is 15.7. The van der Waals surface area contributed by atoms with Gasteiger partial charge in [-0.3, -0.25) is 4.79 Å². The molecule has 1 aliphatic rings. The quantitative estimate of drug-likeness (QED) is 0.855. The maximum atomic E-state index is 14.1. The first-order valence-corrected chi connectivity index (χ1v) is 7.40. The number of nitrogens with zero attached hydrogens (tertiary/aromatic N) is 2. The van der Waals surface area contributed by atoms with Gasteiger partial charge < -0.3 is 14.2 Å². The van der Waals surface area contributed by atoms with E-state index < -0.39 is 0 Å². The smallest absolute Gasteiger partial charge is 0.255 e. The van der Waals surface area contributed by atoms with Crippen molar-refractivity contribution < 1.29 is 13.9 Å². The number of rotatable bonds is 2. The Morgan fingerprint density at radius 2 is 1.86 bits per heavy atom. The minimum absolute atomic E-state index is 0.0148.